The van der Waals surface area contributed by atoms with Gasteiger partial charge in [0, 0.05) is 43.1 Å². The molecule has 0 unspecified atom stereocenters. The lowest BCUT2D eigenvalue weighted by molar-refractivity contribution is -0.384. The smallest absolute Gasteiger partial charge is 0.273 e. The first kappa shape index (κ1) is 19.0. The Hall–Kier alpha value is -2.79. The molecule has 1 aromatic heterocycles. The first-order valence-electron chi connectivity index (χ1n) is 8.05. The van der Waals surface area contributed by atoms with Crippen LogP contribution in [0.15, 0.2) is 28.2 Å². The molecule has 0 fully saturated rings. The number of nitro groups is 1. The zero-order valence-corrected chi connectivity index (χ0v) is 15.6. The number of sulfone groups is 1. The van der Waals surface area contributed by atoms with Crippen LogP contribution in [0.4, 0.5) is 5.69 Å². The van der Waals surface area contributed by atoms with E-state index in [9.17, 15) is 23.3 Å². The fourth-order valence-corrected chi connectivity index (χ4v) is 3.55. The predicted octanol–water partition coefficient (Wildman–Crippen LogP) is 0.648. The summed E-state index contributed by atoms with van der Waals surface area (Å²) in [5.74, 6) is 0.394. The molecule has 144 valence electrons. The van der Waals surface area contributed by atoms with Crippen LogP contribution in [0.25, 0.3) is 0 Å². The summed E-state index contributed by atoms with van der Waals surface area (Å²) in [5.41, 5.74) is 1.15. The van der Waals surface area contributed by atoms with Crippen molar-refractivity contribution in [3.8, 4) is 5.75 Å². The quantitative estimate of drug-likeness (QED) is 0.443. The number of nitro benzene ring substituents is 1. The number of ether oxygens (including phenoxy) is 1. The third-order valence-electron chi connectivity index (χ3n) is 4.36. The van der Waals surface area contributed by atoms with E-state index in [0.29, 0.717) is 43.1 Å². The maximum Gasteiger partial charge on any atom is 0.273 e. The van der Waals surface area contributed by atoms with Crippen LogP contribution >= 0.6 is 0 Å². The average molecular weight is 394 g/mol. The molecule has 1 aliphatic heterocycles. The van der Waals surface area contributed by atoms with Crippen molar-refractivity contribution in [1.29, 1.82) is 0 Å². The fourth-order valence-electron chi connectivity index (χ4n) is 3.00. The van der Waals surface area contributed by atoms with Crippen LogP contribution < -0.4 is 10.3 Å². The fraction of sp³-hybridized carbons (Fsp3) is 0.375. The number of non-ortho nitro benzene ring substituents is 1. The number of nitrogens with one attached hydrogen (secondary N) is 1. The van der Waals surface area contributed by atoms with Gasteiger partial charge < -0.3 is 4.74 Å². The van der Waals surface area contributed by atoms with Crippen molar-refractivity contribution in [3.63, 3.8) is 0 Å². The number of methoxy groups -OCH3 is 1. The Kier molecular flexibility index (Phi) is 4.98. The molecule has 0 atom stereocenters. The second-order valence-corrected chi connectivity index (χ2v) is 8.21. The van der Waals surface area contributed by atoms with Crippen molar-refractivity contribution in [1.82, 2.24) is 14.9 Å². The predicted molar refractivity (Wildman–Crippen MR) is 95.4 cm³/mol. The highest BCUT2D eigenvalue weighted by Crippen LogP contribution is 2.27. The summed E-state index contributed by atoms with van der Waals surface area (Å²) in [7, 11) is -2.19. The van der Waals surface area contributed by atoms with Gasteiger partial charge in [0.05, 0.1) is 23.8 Å². The van der Waals surface area contributed by atoms with E-state index in [1.807, 2.05) is 4.90 Å². The van der Waals surface area contributed by atoms with Crippen LogP contribution in [0, 0.1) is 10.1 Å². The third-order valence-corrected chi connectivity index (χ3v) is 5.25. The van der Waals surface area contributed by atoms with Gasteiger partial charge in [0.1, 0.15) is 5.75 Å². The van der Waals surface area contributed by atoms with E-state index in [4.69, 9.17) is 4.74 Å². The summed E-state index contributed by atoms with van der Waals surface area (Å²) in [4.78, 5) is 31.0. The molecule has 1 N–H and O–H groups in total. The number of hydrogen-bond donors (Lipinski definition) is 1. The Labute approximate surface area is 154 Å². The first-order valence-corrected chi connectivity index (χ1v) is 9.94. The number of hydrogen-bond acceptors (Lipinski definition) is 8. The zero-order chi connectivity index (χ0) is 19.8. The molecule has 3 rings (SSSR count). The minimum Gasteiger partial charge on any atom is -0.496 e. The summed E-state index contributed by atoms with van der Waals surface area (Å²) in [6, 6.07) is 4.39. The lowest BCUT2D eigenvalue weighted by atomic mass is 10.1. The van der Waals surface area contributed by atoms with E-state index in [1.54, 1.807) is 6.07 Å². The summed E-state index contributed by atoms with van der Waals surface area (Å²) in [5, 5.41) is 10.6. The number of fused-ring (bicyclic) bond motifs is 1. The van der Waals surface area contributed by atoms with E-state index < -0.39 is 20.3 Å². The normalized spacial score (nSPS) is 14.6. The second-order valence-electron chi connectivity index (χ2n) is 6.28. The molecule has 0 saturated carbocycles. The zero-order valence-electron chi connectivity index (χ0n) is 14.8. The van der Waals surface area contributed by atoms with E-state index >= 15 is 0 Å². The number of H-pyrrole nitrogens is 1. The molecule has 1 aliphatic rings. The molecule has 0 spiro atoms. The minimum atomic E-state index is -3.63. The Morgan fingerprint density at radius 2 is 2.15 bits per heavy atom. The van der Waals surface area contributed by atoms with Gasteiger partial charge in [0.2, 0.25) is 15.0 Å². The van der Waals surface area contributed by atoms with Crippen molar-refractivity contribution in [3.05, 3.63) is 55.5 Å². The Bertz CT molecular complexity index is 1060. The lowest BCUT2D eigenvalue weighted by Crippen LogP contribution is -2.35. The summed E-state index contributed by atoms with van der Waals surface area (Å²) < 4.78 is 28.6. The average Bonchev–Trinajstić information content (AvgIpc) is 2.60. The first-order chi connectivity index (χ1) is 12.7. The van der Waals surface area contributed by atoms with Gasteiger partial charge in [-0.3, -0.25) is 24.8 Å². The number of nitrogens with zero attached hydrogens (tertiary/aromatic N) is 3. The molecule has 0 radical (unpaired) electrons. The SMILES string of the molecule is COc1cc([N+](=O)[O-])ccc1CN1CCc2c(nc(S(C)(=O)=O)[nH]c2=O)C1. The van der Waals surface area contributed by atoms with Crippen LogP contribution in [0.2, 0.25) is 0 Å². The van der Waals surface area contributed by atoms with Gasteiger partial charge in [-0.1, -0.05) is 0 Å². The number of aromatic nitrogens is 2. The topological polar surface area (TPSA) is 135 Å². The van der Waals surface area contributed by atoms with Gasteiger partial charge >= 0.3 is 0 Å². The number of benzene rings is 1. The molecule has 0 saturated heterocycles. The third kappa shape index (κ3) is 3.98. The number of rotatable bonds is 5. The van der Waals surface area contributed by atoms with E-state index in [0.717, 1.165) is 11.8 Å². The van der Waals surface area contributed by atoms with Crippen LogP contribution in [-0.2, 0) is 29.3 Å². The van der Waals surface area contributed by atoms with E-state index in [-0.39, 0.29) is 10.8 Å². The molecule has 0 aliphatic carbocycles. The van der Waals surface area contributed by atoms with Gasteiger partial charge in [-0.25, -0.2) is 13.4 Å². The van der Waals surface area contributed by atoms with Gasteiger partial charge in [-0.05, 0) is 12.5 Å². The molecule has 10 nitrogen and oxygen atoms in total. The minimum absolute atomic E-state index is 0.0643. The van der Waals surface area contributed by atoms with Crippen LogP contribution in [0.3, 0.4) is 0 Å². The van der Waals surface area contributed by atoms with Gasteiger partial charge in [0.25, 0.3) is 11.2 Å². The Morgan fingerprint density at radius 1 is 1.41 bits per heavy atom. The highest BCUT2D eigenvalue weighted by Gasteiger charge is 2.24. The maximum absolute atomic E-state index is 12.1. The standard InChI is InChI=1S/C16H18N4O6S/c1-26-14-7-11(20(22)23)4-3-10(14)8-19-6-5-12-13(9-19)17-16(18-15(12)21)27(2,24)25/h3-4,7H,5-6,8-9H2,1-2H3,(H,17,18,21). The maximum atomic E-state index is 12.1. The Morgan fingerprint density at radius 3 is 2.78 bits per heavy atom. The summed E-state index contributed by atoms with van der Waals surface area (Å²) in [6.45, 7) is 1.28. The largest absolute Gasteiger partial charge is 0.496 e. The molecular formula is C16H18N4O6S. The van der Waals surface area contributed by atoms with Crippen molar-refractivity contribution < 1.29 is 18.1 Å². The molecule has 0 bridgehead atoms. The second kappa shape index (κ2) is 7.08. The van der Waals surface area contributed by atoms with E-state index in [2.05, 4.69) is 9.97 Å². The molecule has 27 heavy (non-hydrogen) atoms. The molecule has 1 aromatic carbocycles. The lowest BCUT2D eigenvalue weighted by Gasteiger charge is -2.28. The van der Waals surface area contributed by atoms with Crippen molar-refractivity contribution in [2.75, 3.05) is 19.9 Å². The molecule has 0 amide bonds. The molecule has 2 aromatic rings. The monoisotopic (exact) mass is 394 g/mol. The van der Waals surface area contributed by atoms with Gasteiger partial charge in [0.15, 0.2) is 0 Å². The Balaban J connectivity index is 1.88. The van der Waals surface area contributed by atoms with Crippen LogP contribution in [0.5, 0.6) is 5.75 Å². The molecular weight excluding hydrogens is 376 g/mol. The molecule has 2 heterocycles. The van der Waals surface area contributed by atoms with E-state index in [1.165, 1.54) is 19.2 Å². The highest BCUT2D eigenvalue weighted by molar-refractivity contribution is 7.90. The van der Waals surface area contributed by atoms with Gasteiger partial charge in [-0.2, -0.15) is 0 Å². The van der Waals surface area contributed by atoms with Crippen LogP contribution in [-0.4, -0.2) is 48.1 Å². The highest BCUT2D eigenvalue weighted by atomic mass is 32.2. The van der Waals surface area contributed by atoms with Crippen molar-refractivity contribution in [2.24, 2.45) is 0 Å². The van der Waals surface area contributed by atoms with Crippen LogP contribution in [0.1, 0.15) is 16.8 Å². The van der Waals surface area contributed by atoms with Crippen molar-refractivity contribution in [2.45, 2.75) is 24.7 Å². The number of aromatic amines is 1. The summed E-state index contributed by atoms with van der Waals surface area (Å²) >= 11 is 0. The van der Waals surface area contributed by atoms with Gasteiger partial charge in [-0.15, -0.1) is 0 Å². The van der Waals surface area contributed by atoms with Crippen molar-refractivity contribution >= 4 is 15.5 Å². The molecule has 11 heteroatoms. The summed E-state index contributed by atoms with van der Waals surface area (Å²) in [6.07, 6.45) is 1.41.